The number of hydrogen-bond acceptors (Lipinski definition) is 7. The van der Waals surface area contributed by atoms with Crippen molar-refractivity contribution < 1.29 is 17.9 Å². The molecule has 0 radical (unpaired) electrons. The van der Waals surface area contributed by atoms with Crippen molar-refractivity contribution in [1.29, 1.82) is 0 Å². The number of alkyl halides is 3. The minimum atomic E-state index is -4.50. The fraction of sp³-hybridized carbons (Fsp3) is 0.700. The van der Waals surface area contributed by atoms with Gasteiger partial charge in [0.25, 0.3) is 0 Å². The maximum atomic E-state index is 12.5. The first-order chi connectivity index (χ1) is 9.31. The molecule has 7 nitrogen and oxygen atoms in total. The van der Waals surface area contributed by atoms with Gasteiger partial charge in [-0.15, -0.1) is 0 Å². The molecular formula is C10H17F3N6O. The zero-order valence-corrected chi connectivity index (χ0v) is 11.4. The third kappa shape index (κ3) is 4.08. The summed E-state index contributed by atoms with van der Waals surface area (Å²) in [7, 11) is 0. The minimum absolute atomic E-state index is 0.0636. The summed E-state index contributed by atoms with van der Waals surface area (Å²) in [4.78, 5) is 13.2. The summed E-state index contributed by atoms with van der Waals surface area (Å²) < 4.78 is 42.1. The standard InChI is InChI=1S/C10H17F3N6O/c1-4-19(5-2)8-15-7(18-14)16-9(17-8)20-6(3)10(11,12)13/h6H,4-5,14H2,1-3H3,(H,15,16,17,18). The van der Waals surface area contributed by atoms with Gasteiger partial charge in [0.05, 0.1) is 0 Å². The lowest BCUT2D eigenvalue weighted by Gasteiger charge is -2.20. The molecule has 0 aromatic carbocycles. The van der Waals surface area contributed by atoms with Gasteiger partial charge in [-0.1, -0.05) is 0 Å². The molecule has 20 heavy (non-hydrogen) atoms. The summed E-state index contributed by atoms with van der Waals surface area (Å²) in [6, 6.07) is -0.431. The summed E-state index contributed by atoms with van der Waals surface area (Å²) in [6.45, 7) is 5.76. The van der Waals surface area contributed by atoms with Crippen molar-refractivity contribution in [2.24, 2.45) is 5.84 Å². The molecule has 3 N–H and O–H groups in total. The summed E-state index contributed by atoms with van der Waals surface area (Å²) >= 11 is 0. The predicted molar refractivity (Wildman–Crippen MR) is 67.3 cm³/mol. The van der Waals surface area contributed by atoms with Crippen LogP contribution >= 0.6 is 0 Å². The molecule has 0 spiro atoms. The number of aromatic nitrogens is 3. The Hall–Kier alpha value is -1.84. The van der Waals surface area contributed by atoms with Gasteiger partial charge in [0.15, 0.2) is 6.10 Å². The van der Waals surface area contributed by atoms with Crippen LogP contribution in [0.15, 0.2) is 0 Å². The van der Waals surface area contributed by atoms with Crippen molar-refractivity contribution in [2.75, 3.05) is 23.4 Å². The first-order valence-corrected chi connectivity index (χ1v) is 6.02. The Kier molecular flexibility index (Phi) is 5.31. The van der Waals surface area contributed by atoms with Crippen molar-refractivity contribution >= 4 is 11.9 Å². The SMILES string of the molecule is CCN(CC)c1nc(NN)nc(OC(C)C(F)(F)F)n1. The molecule has 10 heteroatoms. The van der Waals surface area contributed by atoms with Gasteiger partial charge in [-0.25, -0.2) is 5.84 Å². The van der Waals surface area contributed by atoms with E-state index in [9.17, 15) is 13.2 Å². The molecule has 0 saturated heterocycles. The molecule has 114 valence electrons. The average Bonchev–Trinajstić information content (AvgIpc) is 2.38. The van der Waals surface area contributed by atoms with Crippen molar-refractivity contribution in [3.63, 3.8) is 0 Å². The minimum Gasteiger partial charge on any atom is -0.451 e. The number of anilines is 2. The Bertz CT molecular complexity index is 437. The molecule has 1 aromatic rings. The number of nitrogens with two attached hydrogens (primary N) is 1. The summed E-state index contributed by atoms with van der Waals surface area (Å²) in [5.74, 6) is 5.32. The van der Waals surface area contributed by atoms with Gasteiger partial charge in [-0.2, -0.15) is 28.1 Å². The van der Waals surface area contributed by atoms with Crippen molar-refractivity contribution in [3.05, 3.63) is 0 Å². The lowest BCUT2D eigenvalue weighted by Crippen LogP contribution is -2.32. The lowest BCUT2D eigenvalue weighted by atomic mass is 10.4. The second-order valence-corrected chi connectivity index (χ2v) is 3.86. The maximum Gasteiger partial charge on any atom is 0.425 e. The van der Waals surface area contributed by atoms with Gasteiger partial charge in [-0.3, -0.25) is 5.43 Å². The van der Waals surface area contributed by atoms with Gasteiger partial charge in [-0.05, 0) is 20.8 Å². The van der Waals surface area contributed by atoms with Crippen LogP contribution in [-0.4, -0.2) is 40.3 Å². The van der Waals surface area contributed by atoms with Crippen molar-refractivity contribution in [3.8, 4) is 6.01 Å². The highest BCUT2D eigenvalue weighted by atomic mass is 19.4. The summed E-state index contributed by atoms with van der Waals surface area (Å²) in [5.41, 5.74) is 2.17. The molecular weight excluding hydrogens is 277 g/mol. The number of nitrogens with zero attached hydrogens (tertiary/aromatic N) is 4. The number of halogens is 3. The van der Waals surface area contributed by atoms with E-state index in [1.54, 1.807) is 4.90 Å². The fourth-order valence-electron chi connectivity index (χ4n) is 1.34. The van der Waals surface area contributed by atoms with E-state index in [0.717, 1.165) is 6.92 Å². The smallest absolute Gasteiger partial charge is 0.425 e. The Labute approximate surface area is 114 Å². The second-order valence-electron chi connectivity index (χ2n) is 3.86. The van der Waals surface area contributed by atoms with Gasteiger partial charge >= 0.3 is 12.2 Å². The molecule has 1 atom stereocenters. The summed E-state index contributed by atoms with van der Waals surface area (Å²) in [6.07, 6.45) is -6.53. The molecule has 0 aliphatic rings. The second kappa shape index (κ2) is 6.55. The number of rotatable bonds is 6. The summed E-state index contributed by atoms with van der Waals surface area (Å²) in [5, 5.41) is 0. The zero-order valence-electron chi connectivity index (χ0n) is 11.4. The normalized spacial score (nSPS) is 12.9. The van der Waals surface area contributed by atoms with E-state index in [4.69, 9.17) is 10.6 Å². The number of hydrogen-bond donors (Lipinski definition) is 2. The highest BCUT2D eigenvalue weighted by molar-refractivity contribution is 5.37. The van der Waals surface area contributed by atoms with E-state index in [0.29, 0.717) is 13.1 Å². The van der Waals surface area contributed by atoms with E-state index in [-0.39, 0.29) is 11.9 Å². The van der Waals surface area contributed by atoms with Crippen LogP contribution in [0.5, 0.6) is 6.01 Å². The molecule has 1 aromatic heterocycles. The predicted octanol–water partition coefficient (Wildman–Crippen LogP) is 1.33. The maximum absolute atomic E-state index is 12.5. The van der Waals surface area contributed by atoms with Crippen molar-refractivity contribution in [1.82, 2.24) is 15.0 Å². The monoisotopic (exact) mass is 294 g/mol. The van der Waals surface area contributed by atoms with E-state index < -0.39 is 18.3 Å². The number of nitrogen functional groups attached to an aromatic ring is 1. The van der Waals surface area contributed by atoms with Crippen LogP contribution in [0, 0.1) is 0 Å². The highest BCUT2D eigenvalue weighted by Crippen LogP contribution is 2.24. The molecule has 1 rings (SSSR count). The lowest BCUT2D eigenvalue weighted by molar-refractivity contribution is -0.190. The Morgan fingerprint density at radius 2 is 1.85 bits per heavy atom. The van der Waals surface area contributed by atoms with Crippen LogP contribution < -0.4 is 20.9 Å². The Morgan fingerprint density at radius 1 is 1.25 bits per heavy atom. The fourth-order valence-corrected chi connectivity index (χ4v) is 1.34. The number of hydrazine groups is 1. The topological polar surface area (TPSA) is 89.2 Å². The zero-order chi connectivity index (χ0) is 15.3. The van der Waals surface area contributed by atoms with Crippen LogP contribution in [0.2, 0.25) is 0 Å². The molecule has 1 unspecified atom stereocenters. The molecule has 1 heterocycles. The van der Waals surface area contributed by atoms with Crippen LogP contribution in [0.1, 0.15) is 20.8 Å². The van der Waals surface area contributed by atoms with E-state index in [1.165, 1.54) is 0 Å². The molecule has 0 fully saturated rings. The quantitative estimate of drug-likeness (QED) is 0.604. The van der Waals surface area contributed by atoms with Crippen LogP contribution in [0.3, 0.4) is 0 Å². The Balaban J connectivity index is 3.04. The van der Waals surface area contributed by atoms with E-state index in [1.807, 2.05) is 13.8 Å². The number of ether oxygens (including phenoxy) is 1. The van der Waals surface area contributed by atoms with Gasteiger partial charge in [0, 0.05) is 13.1 Å². The number of nitrogens with one attached hydrogen (secondary N) is 1. The van der Waals surface area contributed by atoms with E-state index in [2.05, 4.69) is 20.4 Å². The van der Waals surface area contributed by atoms with Crippen LogP contribution in [-0.2, 0) is 0 Å². The molecule has 0 aliphatic carbocycles. The molecule has 0 bridgehead atoms. The first kappa shape index (κ1) is 16.2. The largest absolute Gasteiger partial charge is 0.451 e. The third-order valence-corrected chi connectivity index (χ3v) is 2.52. The molecule has 0 aliphatic heterocycles. The third-order valence-electron chi connectivity index (χ3n) is 2.52. The van der Waals surface area contributed by atoms with Gasteiger partial charge < -0.3 is 9.64 Å². The Morgan fingerprint density at radius 3 is 2.30 bits per heavy atom. The van der Waals surface area contributed by atoms with Gasteiger partial charge in [0.1, 0.15) is 0 Å². The van der Waals surface area contributed by atoms with Gasteiger partial charge in [0.2, 0.25) is 11.9 Å². The van der Waals surface area contributed by atoms with Crippen LogP contribution in [0.25, 0.3) is 0 Å². The molecule has 0 amide bonds. The molecule has 0 saturated carbocycles. The average molecular weight is 294 g/mol. The van der Waals surface area contributed by atoms with Crippen LogP contribution in [0.4, 0.5) is 25.1 Å². The highest BCUT2D eigenvalue weighted by Gasteiger charge is 2.38. The van der Waals surface area contributed by atoms with Crippen molar-refractivity contribution in [2.45, 2.75) is 33.1 Å². The first-order valence-electron chi connectivity index (χ1n) is 6.02. The van der Waals surface area contributed by atoms with E-state index >= 15 is 0 Å².